The lowest BCUT2D eigenvalue weighted by atomic mass is 9.77. The van der Waals surface area contributed by atoms with Gasteiger partial charge in [0.2, 0.25) is 0 Å². The molecule has 0 spiro atoms. The molecular formula is C60H40N6. The maximum absolute atomic E-state index is 12.0. The van der Waals surface area contributed by atoms with Crippen molar-refractivity contribution in [3.05, 3.63) is 181 Å². The molecule has 4 heterocycles. The van der Waals surface area contributed by atoms with Gasteiger partial charge in [-0.2, -0.15) is 10.5 Å². The fourth-order valence-corrected chi connectivity index (χ4v) is 11.4. The Hall–Kier alpha value is -8.84. The van der Waals surface area contributed by atoms with Crippen LogP contribution in [0, 0.1) is 22.7 Å². The third-order valence-corrected chi connectivity index (χ3v) is 14.5. The summed E-state index contributed by atoms with van der Waals surface area (Å²) in [5.41, 5.74) is 16.4. The first-order chi connectivity index (χ1) is 32.3. The Kier molecular flexibility index (Phi) is 7.90. The van der Waals surface area contributed by atoms with E-state index in [2.05, 4.69) is 228 Å². The lowest BCUT2D eigenvalue weighted by Gasteiger charge is -2.23. The van der Waals surface area contributed by atoms with Gasteiger partial charge in [-0.15, -0.1) is 0 Å². The van der Waals surface area contributed by atoms with Gasteiger partial charge in [-0.3, -0.25) is 0 Å². The third kappa shape index (κ3) is 5.04. The van der Waals surface area contributed by atoms with Gasteiger partial charge < -0.3 is 18.3 Å². The second kappa shape index (κ2) is 13.8. The summed E-state index contributed by atoms with van der Waals surface area (Å²) in [5, 5.41) is 32.9. The lowest BCUT2D eigenvalue weighted by Crippen LogP contribution is -2.03. The molecule has 310 valence electrons. The van der Waals surface area contributed by atoms with Crippen LogP contribution in [0.1, 0.15) is 11.1 Å². The predicted molar refractivity (Wildman–Crippen MR) is 274 cm³/mol. The second-order valence-electron chi connectivity index (χ2n) is 17.7. The van der Waals surface area contributed by atoms with Gasteiger partial charge in [0.05, 0.1) is 11.1 Å². The Morgan fingerprint density at radius 2 is 0.485 bits per heavy atom. The van der Waals surface area contributed by atoms with Crippen molar-refractivity contribution in [2.75, 3.05) is 0 Å². The zero-order valence-electron chi connectivity index (χ0n) is 36.8. The minimum atomic E-state index is 0.522. The van der Waals surface area contributed by atoms with Crippen LogP contribution in [0.25, 0.3) is 132 Å². The number of benzene rings is 9. The van der Waals surface area contributed by atoms with E-state index < -0.39 is 0 Å². The molecule has 0 N–H and O–H groups in total. The molecule has 66 heavy (non-hydrogen) atoms. The standard InChI is InChI=1S/C60H40N6/c1-63-49-17-9-5-13-39(49)43-29-35(21-25-53(43)63)57-47(33-61)59(37-23-27-55-45(31-37)41-15-7-11-19-51(41)65(55)3)60(38-24-28-56-46(32-38)42-16-8-12-20-52(42)66(56)4)48(34-62)58(57)36-22-26-54-44(30-36)40-14-6-10-18-50(40)64(54)2/h5-32H,1-4H3. The van der Waals surface area contributed by atoms with Crippen LogP contribution in [0.4, 0.5) is 0 Å². The van der Waals surface area contributed by atoms with Crippen LogP contribution in [-0.2, 0) is 28.2 Å². The van der Waals surface area contributed by atoms with Crippen molar-refractivity contribution >= 4 is 87.2 Å². The molecule has 6 heteroatoms. The highest BCUT2D eigenvalue weighted by molar-refractivity contribution is 6.16. The van der Waals surface area contributed by atoms with E-state index in [0.29, 0.717) is 11.1 Å². The molecule has 0 fully saturated rings. The quantitative estimate of drug-likeness (QED) is 0.177. The number of nitriles is 2. The van der Waals surface area contributed by atoms with Crippen molar-refractivity contribution in [3.63, 3.8) is 0 Å². The number of nitrogens with zero attached hydrogens (tertiary/aromatic N) is 6. The zero-order valence-corrected chi connectivity index (χ0v) is 36.8. The highest BCUT2D eigenvalue weighted by Gasteiger charge is 2.30. The third-order valence-electron chi connectivity index (χ3n) is 14.5. The second-order valence-corrected chi connectivity index (χ2v) is 17.7. The van der Waals surface area contributed by atoms with Crippen LogP contribution in [-0.4, -0.2) is 18.3 Å². The normalized spacial score (nSPS) is 11.9. The lowest BCUT2D eigenvalue weighted by molar-refractivity contribution is 1.01. The number of aryl methyl sites for hydroxylation is 4. The van der Waals surface area contributed by atoms with E-state index in [9.17, 15) is 10.5 Å². The first-order valence-electron chi connectivity index (χ1n) is 22.3. The fourth-order valence-electron chi connectivity index (χ4n) is 11.4. The minimum Gasteiger partial charge on any atom is -0.344 e. The van der Waals surface area contributed by atoms with E-state index in [1.165, 1.54) is 0 Å². The molecule has 0 aliphatic carbocycles. The Morgan fingerprint density at radius 3 is 0.712 bits per heavy atom. The number of hydrogen-bond donors (Lipinski definition) is 0. The van der Waals surface area contributed by atoms with E-state index >= 15 is 0 Å². The summed E-state index contributed by atoms with van der Waals surface area (Å²) in [5.74, 6) is 0. The number of rotatable bonds is 4. The summed E-state index contributed by atoms with van der Waals surface area (Å²) < 4.78 is 8.92. The van der Waals surface area contributed by atoms with Gasteiger partial charge in [-0.1, -0.05) is 97.1 Å². The van der Waals surface area contributed by atoms with Crippen LogP contribution in [0.2, 0.25) is 0 Å². The van der Waals surface area contributed by atoms with Crippen LogP contribution >= 0.6 is 0 Å². The van der Waals surface area contributed by atoms with Crippen molar-refractivity contribution in [2.45, 2.75) is 0 Å². The van der Waals surface area contributed by atoms with Crippen LogP contribution in [0.15, 0.2) is 170 Å². The smallest absolute Gasteiger partial charge is 0.100 e. The molecule has 6 nitrogen and oxygen atoms in total. The van der Waals surface area contributed by atoms with Crippen molar-refractivity contribution in [2.24, 2.45) is 28.2 Å². The summed E-state index contributed by atoms with van der Waals surface area (Å²) >= 11 is 0. The van der Waals surface area contributed by atoms with E-state index in [0.717, 1.165) is 132 Å². The summed E-state index contributed by atoms with van der Waals surface area (Å²) in [7, 11) is 8.42. The molecule has 0 aliphatic rings. The Labute approximate surface area is 380 Å². The Balaban J connectivity index is 1.23. The van der Waals surface area contributed by atoms with Gasteiger partial charge in [0.1, 0.15) is 12.1 Å². The van der Waals surface area contributed by atoms with Crippen LogP contribution < -0.4 is 0 Å². The molecule has 0 atom stereocenters. The maximum atomic E-state index is 12.0. The van der Waals surface area contributed by atoms with Crippen molar-refractivity contribution in [3.8, 4) is 56.6 Å². The molecule has 13 rings (SSSR count). The summed E-state index contributed by atoms with van der Waals surface area (Å²) in [6.07, 6.45) is 0. The molecule has 0 saturated carbocycles. The van der Waals surface area contributed by atoms with Crippen molar-refractivity contribution in [1.29, 1.82) is 10.5 Å². The molecule has 9 aromatic carbocycles. The van der Waals surface area contributed by atoms with Gasteiger partial charge in [-0.25, -0.2) is 0 Å². The van der Waals surface area contributed by atoms with E-state index in [-0.39, 0.29) is 0 Å². The monoisotopic (exact) mass is 844 g/mol. The SMILES string of the molecule is Cn1c2ccccc2c2cc(-c3c(C#N)c(-c4ccc5c(c4)c4ccccc4n5C)c(-c4ccc5c(c4)c4ccccc4n5C)c(C#N)c3-c3ccc4c(c3)c3ccccc3n4C)ccc21. The number of para-hydroxylation sites is 4. The van der Waals surface area contributed by atoms with E-state index in [4.69, 9.17) is 0 Å². The number of fused-ring (bicyclic) bond motifs is 12. The summed E-state index contributed by atoms with van der Waals surface area (Å²) in [6, 6.07) is 65.7. The van der Waals surface area contributed by atoms with Gasteiger partial charge in [0.25, 0.3) is 0 Å². The van der Waals surface area contributed by atoms with Crippen molar-refractivity contribution in [1.82, 2.24) is 18.3 Å². The van der Waals surface area contributed by atoms with Crippen molar-refractivity contribution < 1.29 is 0 Å². The Bertz CT molecular complexity index is 3810. The average Bonchev–Trinajstić information content (AvgIpc) is 4.03. The zero-order chi connectivity index (χ0) is 44.5. The molecule has 13 aromatic rings. The summed E-state index contributed by atoms with van der Waals surface area (Å²) in [4.78, 5) is 0. The Morgan fingerprint density at radius 1 is 0.273 bits per heavy atom. The highest BCUT2D eigenvalue weighted by Crippen LogP contribution is 2.51. The maximum Gasteiger partial charge on any atom is 0.100 e. The van der Waals surface area contributed by atoms with Crippen LogP contribution in [0.5, 0.6) is 0 Å². The van der Waals surface area contributed by atoms with E-state index in [1.807, 2.05) is 0 Å². The van der Waals surface area contributed by atoms with E-state index in [1.54, 1.807) is 0 Å². The number of hydrogen-bond acceptors (Lipinski definition) is 2. The molecule has 0 saturated heterocycles. The average molecular weight is 845 g/mol. The van der Waals surface area contributed by atoms with Gasteiger partial charge in [-0.05, 0) is 95.1 Å². The summed E-state index contributed by atoms with van der Waals surface area (Å²) in [6.45, 7) is 0. The van der Waals surface area contributed by atoms with Gasteiger partial charge >= 0.3 is 0 Å². The van der Waals surface area contributed by atoms with Gasteiger partial charge in [0, 0.05) is 138 Å². The molecule has 0 aliphatic heterocycles. The van der Waals surface area contributed by atoms with Gasteiger partial charge in [0.15, 0.2) is 0 Å². The minimum absolute atomic E-state index is 0.522. The topological polar surface area (TPSA) is 67.3 Å². The predicted octanol–water partition coefficient (Wildman–Crippen LogP) is 14.7. The largest absolute Gasteiger partial charge is 0.344 e. The molecule has 0 bridgehead atoms. The highest BCUT2D eigenvalue weighted by atomic mass is 15.0. The first kappa shape index (κ1) is 37.7. The first-order valence-corrected chi connectivity index (χ1v) is 22.3. The molecule has 0 radical (unpaired) electrons. The number of aromatic nitrogens is 4. The van der Waals surface area contributed by atoms with Crippen LogP contribution in [0.3, 0.4) is 0 Å². The molecule has 0 amide bonds. The molecule has 0 unspecified atom stereocenters. The fraction of sp³-hybridized carbons (Fsp3) is 0.0667. The molecular weight excluding hydrogens is 805 g/mol. The molecule has 4 aromatic heterocycles.